The maximum absolute atomic E-state index is 0. The third-order valence-electron chi connectivity index (χ3n) is 0. The summed E-state index contributed by atoms with van der Waals surface area (Å²) in [6, 6.07) is 0. The van der Waals surface area contributed by atoms with Crippen molar-refractivity contribution in [1.82, 2.24) is 0 Å². The molecule has 0 aliphatic rings. The van der Waals surface area contributed by atoms with Crippen LogP contribution in [-0.2, 0) is 0 Å². The summed E-state index contributed by atoms with van der Waals surface area (Å²) in [4.78, 5) is 0. The van der Waals surface area contributed by atoms with Crippen molar-refractivity contribution < 1.29 is 0 Å². The predicted molar refractivity (Wildman–Crippen MR) is 100 cm³/mol. The van der Waals surface area contributed by atoms with Crippen molar-refractivity contribution in [2.24, 2.45) is 0 Å². The van der Waals surface area contributed by atoms with E-state index in [9.17, 15) is 0 Å². The Kier molecular flexibility index (Phi) is 540. The summed E-state index contributed by atoms with van der Waals surface area (Å²) in [7, 11) is 0. The Morgan fingerprint density at radius 2 is 0.0714 bits per heavy atom. The monoisotopic (exact) mass is 560 g/mol. The molecule has 0 N–H and O–H groups in total. The van der Waals surface area contributed by atoms with E-state index in [0.29, 0.717) is 0 Å². The Balaban J connectivity index is 0. The van der Waals surface area contributed by atoms with Crippen LogP contribution in [0, 0.1) is 0 Å². The standard InChI is InChI=1S/14K.14H. The van der Waals surface area contributed by atoms with Gasteiger partial charge in [-0.15, -0.1) is 0 Å². The minimum absolute atomic E-state index is 0. The van der Waals surface area contributed by atoms with Gasteiger partial charge in [-0.3, -0.25) is 0 Å². The van der Waals surface area contributed by atoms with Crippen molar-refractivity contribution in [2.75, 3.05) is 0 Å². The molecule has 0 radical (unpaired) electrons. The van der Waals surface area contributed by atoms with Crippen LogP contribution in [0.4, 0.5) is 0 Å². The van der Waals surface area contributed by atoms with Gasteiger partial charge in [0.05, 0.1) is 0 Å². The Morgan fingerprint density at radius 3 is 0.0714 bits per heavy atom. The summed E-state index contributed by atoms with van der Waals surface area (Å²) in [5.41, 5.74) is 0. The molecular formula is H14K14. The molecule has 0 aromatic heterocycles. The SMILES string of the molecule is [KH].[KH].[KH].[KH].[KH].[KH].[KH].[KH].[KH].[KH].[KH].[KH].[KH].[KH]. The van der Waals surface area contributed by atoms with Gasteiger partial charge in [-0.1, -0.05) is 0 Å². The van der Waals surface area contributed by atoms with Crippen LogP contribution in [0.5, 0.6) is 0 Å². The normalized spacial score (nSPS) is 0. The van der Waals surface area contributed by atoms with Crippen LogP contribution in [0.1, 0.15) is 0 Å². The first kappa shape index (κ1) is 90.7. The Morgan fingerprint density at radius 1 is 0.0714 bits per heavy atom. The number of rotatable bonds is 0. The van der Waals surface area contributed by atoms with Gasteiger partial charge in [0.15, 0.2) is 0 Å². The van der Waals surface area contributed by atoms with Crippen LogP contribution >= 0.6 is 0 Å². The van der Waals surface area contributed by atoms with Crippen LogP contribution < -0.4 is 0 Å². The summed E-state index contributed by atoms with van der Waals surface area (Å²) in [5.74, 6) is 0. The molecule has 28 valence electrons. The average molecular weight is 561 g/mol. The van der Waals surface area contributed by atoms with E-state index >= 15 is 0 Å². The first-order valence-corrected chi connectivity index (χ1v) is 0. The van der Waals surface area contributed by atoms with E-state index in [1.54, 1.807) is 0 Å². The molecule has 14 heavy (non-hydrogen) atoms. The Hall–Kier alpha value is 22.9. The molecule has 0 saturated carbocycles. The van der Waals surface area contributed by atoms with Crippen LogP contribution in [0.3, 0.4) is 0 Å². The molecular weight excluding hydrogens is 547 g/mol. The molecule has 0 unspecified atom stereocenters. The summed E-state index contributed by atoms with van der Waals surface area (Å²) >= 11 is 0. The van der Waals surface area contributed by atoms with Gasteiger partial charge in [0.1, 0.15) is 0 Å². The van der Waals surface area contributed by atoms with Crippen molar-refractivity contribution in [1.29, 1.82) is 0 Å². The molecule has 0 saturated heterocycles. The van der Waals surface area contributed by atoms with E-state index in [0.717, 1.165) is 0 Å². The third-order valence-corrected chi connectivity index (χ3v) is 0. The van der Waals surface area contributed by atoms with Crippen molar-refractivity contribution in [3.8, 4) is 0 Å². The zero-order chi connectivity index (χ0) is 0. The third kappa shape index (κ3) is 76.5. The van der Waals surface area contributed by atoms with Crippen molar-refractivity contribution in [3.63, 3.8) is 0 Å². The first-order valence-electron chi connectivity index (χ1n) is 0. The Labute approximate surface area is 686 Å². The van der Waals surface area contributed by atoms with Crippen molar-refractivity contribution in [2.45, 2.75) is 0 Å². The molecule has 0 nitrogen and oxygen atoms in total. The second-order valence-electron chi connectivity index (χ2n) is 0. The fourth-order valence-electron chi connectivity index (χ4n) is 0. The van der Waals surface area contributed by atoms with E-state index < -0.39 is 0 Å². The zero-order valence-corrected chi connectivity index (χ0v) is 0. The van der Waals surface area contributed by atoms with Gasteiger partial charge >= 0.3 is 719 Å². The molecule has 0 heterocycles. The fourth-order valence-corrected chi connectivity index (χ4v) is 0. The second-order valence-corrected chi connectivity index (χ2v) is 0. The number of hydrogen-bond donors (Lipinski definition) is 0. The molecule has 0 aliphatic heterocycles. The first-order chi connectivity index (χ1) is 0. The van der Waals surface area contributed by atoms with Gasteiger partial charge in [0.25, 0.3) is 0 Å². The van der Waals surface area contributed by atoms with Crippen LogP contribution in [0.2, 0.25) is 0 Å². The van der Waals surface area contributed by atoms with Gasteiger partial charge in [0.2, 0.25) is 0 Å². The topological polar surface area (TPSA) is 0 Å². The quantitative estimate of drug-likeness (QED) is 0.258. The van der Waals surface area contributed by atoms with Gasteiger partial charge < -0.3 is 0 Å². The van der Waals surface area contributed by atoms with Gasteiger partial charge in [-0.2, -0.15) is 0 Å². The van der Waals surface area contributed by atoms with Gasteiger partial charge in [-0.05, 0) is 0 Å². The molecule has 0 aromatic carbocycles. The molecule has 0 atom stereocenters. The molecule has 0 amide bonds. The summed E-state index contributed by atoms with van der Waals surface area (Å²) in [6.45, 7) is 0. The molecule has 0 bridgehead atoms. The number of hydrogen-bond acceptors (Lipinski definition) is 0. The van der Waals surface area contributed by atoms with E-state index in [1.807, 2.05) is 0 Å². The van der Waals surface area contributed by atoms with Crippen LogP contribution in [-0.4, -0.2) is 719 Å². The minimum atomic E-state index is 0. The maximum atomic E-state index is 0. The van der Waals surface area contributed by atoms with Crippen LogP contribution in [0.25, 0.3) is 0 Å². The van der Waals surface area contributed by atoms with Crippen LogP contribution in [0.15, 0.2) is 0 Å². The van der Waals surface area contributed by atoms with E-state index in [-0.39, 0.29) is 719 Å². The Bertz CT molecular complexity index is 0. The molecule has 0 aromatic rings. The molecule has 0 spiro atoms. The molecule has 0 aliphatic carbocycles. The van der Waals surface area contributed by atoms with E-state index in [4.69, 9.17) is 0 Å². The zero-order valence-electron chi connectivity index (χ0n) is 0. The van der Waals surface area contributed by atoms with Crippen molar-refractivity contribution in [3.05, 3.63) is 0 Å². The molecule has 14 heteroatoms. The van der Waals surface area contributed by atoms with Gasteiger partial charge in [0, 0.05) is 0 Å². The second kappa shape index (κ2) is 83.4. The van der Waals surface area contributed by atoms with E-state index in [2.05, 4.69) is 0 Å². The summed E-state index contributed by atoms with van der Waals surface area (Å²) < 4.78 is 0. The van der Waals surface area contributed by atoms with E-state index in [1.165, 1.54) is 0 Å². The van der Waals surface area contributed by atoms with Gasteiger partial charge in [-0.25, -0.2) is 0 Å². The summed E-state index contributed by atoms with van der Waals surface area (Å²) in [6.07, 6.45) is 0. The average Bonchev–Trinajstić information content (AvgIpc) is 0. The predicted octanol–water partition coefficient (Wildman–Crippen LogP) is -9.08. The van der Waals surface area contributed by atoms with Crippen molar-refractivity contribution >= 4 is 719 Å². The molecule has 0 fully saturated rings. The molecule has 0 rings (SSSR count). The fraction of sp³-hybridized carbons (Fsp3) is 0. The summed E-state index contributed by atoms with van der Waals surface area (Å²) in [5, 5.41) is 0.